The number of nitrogens with one attached hydrogen (secondary N) is 1. The summed E-state index contributed by atoms with van der Waals surface area (Å²) in [6, 6.07) is 1.70. The van der Waals surface area contributed by atoms with Crippen molar-refractivity contribution in [1.29, 1.82) is 0 Å². The van der Waals surface area contributed by atoms with Crippen LogP contribution in [-0.2, 0) is 0 Å². The lowest BCUT2D eigenvalue weighted by Crippen LogP contribution is -2.30. The average molecular weight is 177 g/mol. The molecule has 13 heavy (non-hydrogen) atoms. The van der Waals surface area contributed by atoms with Gasteiger partial charge in [0.05, 0.1) is 0 Å². The van der Waals surface area contributed by atoms with E-state index in [0.717, 1.165) is 0 Å². The van der Waals surface area contributed by atoms with Crippen LogP contribution < -0.4 is 11.3 Å². The summed E-state index contributed by atoms with van der Waals surface area (Å²) in [5.74, 6) is 4.55. The number of nitrogen functional groups attached to an aromatic ring is 1. The van der Waals surface area contributed by atoms with E-state index in [4.69, 9.17) is 5.84 Å². The molecule has 0 unspecified atom stereocenters. The molecule has 0 saturated heterocycles. The molecule has 0 atom stereocenters. The molecule has 0 fully saturated rings. The van der Waals surface area contributed by atoms with Gasteiger partial charge in [0, 0.05) is 12.4 Å². The molecule has 2 aromatic rings. The molecule has 0 radical (unpaired) electrons. The molecule has 1 amide bonds. The minimum atomic E-state index is -0.413. The Labute approximate surface area is 73.4 Å². The fraction of sp³-hybridized carbons (Fsp3) is 0. The predicted octanol–water partition coefficient (Wildman–Crippen LogP) is -0.667. The van der Waals surface area contributed by atoms with Crippen molar-refractivity contribution in [3.05, 3.63) is 30.5 Å². The zero-order valence-corrected chi connectivity index (χ0v) is 6.64. The second kappa shape index (κ2) is 2.83. The first kappa shape index (κ1) is 7.69. The maximum absolute atomic E-state index is 11.1. The zero-order chi connectivity index (χ0) is 9.26. The van der Waals surface area contributed by atoms with E-state index in [1.807, 2.05) is 5.43 Å². The minimum Gasteiger partial charge on any atom is -0.290 e. The van der Waals surface area contributed by atoms with Crippen molar-refractivity contribution in [2.45, 2.75) is 0 Å². The average Bonchev–Trinajstić information content (AvgIpc) is 2.59. The highest BCUT2D eigenvalue weighted by atomic mass is 16.2. The SMILES string of the molecule is NNC(=O)c1cn2cnccc2n1. The Hall–Kier alpha value is -1.95. The van der Waals surface area contributed by atoms with Crippen LogP contribution in [0.15, 0.2) is 24.8 Å². The van der Waals surface area contributed by atoms with Crippen LogP contribution >= 0.6 is 0 Å². The van der Waals surface area contributed by atoms with Gasteiger partial charge in [0.2, 0.25) is 0 Å². The monoisotopic (exact) mass is 177 g/mol. The number of nitrogens with two attached hydrogens (primary N) is 1. The summed E-state index contributed by atoms with van der Waals surface area (Å²) < 4.78 is 1.64. The molecule has 0 aliphatic rings. The first-order valence-corrected chi connectivity index (χ1v) is 3.61. The van der Waals surface area contributed by atoms with Gasteiger partial charge in [-0.25, -0.2) is 15.8 Å². The summed E-state index contributed by atoms with van der Waals surface area (Å²) in [7, 11) is 0. The van der Waals surface area contributed by atoms with Gasteiger partial charge < -0.3 is 0 Å². The number of nitrogens with zero attached hydrogens (tertiary/aromatic N) is 3. The van der Waals surface area contributed by atoms with Gasteiger partial charge in [-0.05, 0) is 6.07 Å². The number of rotatable bonds is 1. The van der Waals surface area contributed by atoms with Crippen molar-refractivity contribution < 1.29 is 4.79 Å². The van der Waals surface area contributed by atoms with Gasteiger partial charge in [0.25, 0.3) is 5.91 Å². The molecular formula is C7H7N5O. The third-order valence-electron chi connectivity index (χ3n) is 1.63. The van der Waals surface area contributed by atoms with Crippen molar-refractivity contribution >= 4 is 11.6 Å². The summed E-state index contributed by atoms with van der Waals surface area (Å²) in [6.07, 6.45) is 4.73. The zero-order valence-electron chi connectivity index (χ0n) is 6.64. The molecule has 2 aromatic heterocycles. The van der Waals surface area contributed by atoms with Crippen LogP contribution in [0.5, 0.6) is 0 Å². The lowest BCUT2D eigenvalue weighted by molar-refractivity contribution is 0.0949. The van der Waals surface area contributed by atoms with E-state index in [-0.39, 0.29) is 5.69 Å². The van der Waals surface area contributed by atoms with Crippen LogP contribution in [0.25, 0.3) is 5.65 Å². The van der Waals surface area contributed by atoms with E-state index in [9.17, 15) is 4.79 Å². The Balaban J connectivity index is 2.56. The summed E-state index contributed by atoms with van der Waals surface area (Å²) in [5, 5.41) is 0. The van der Waals surface area contributed by atoms with Crippen LogP contribution in [0.4, 0.5) is 0 Å². The van der Waals surface area contributed by atoms with Gasteiger partial charge >= 0.3 is 0 Å². The Bertz CT molecular complexity index is 416. The van der Waals surface area contributed by atoms with E-state index in [0.29, 0.717) is 5.65 Å². The molecule has 3 N–H and O–H groups in total. The van der Waals surface area contributed by atoms with Gasteiger partial charge in [0.1, 0.15) is 17.7 Å². The van der Waals surface area contributed by atoms with Crippen molar-refractivity contribution in [2.24, 2.45) is 5.84 Å². The standard InChI is InChI=1S/C7H7N5O/c8-11-7(13)5-3-12-4-9-2-1-6(12)10-5/h1-4H,8H2,(H,11,13). The maximum atomic E-state index is 11.1. The summed E-state index contributed by atoms with van der Waals surface area (Å²) in [4.78, 5) is 18.9. The highest BCUT2D eigenvalue weighted by Gasteiger charge is 2.07. The Morgan fingerprint density at radius 1 is 1.62 bits per heavy atom. The molecule has 6 nitrogen and oxygen atoms in total. The number of hydrogen-bond acceptors (Lipinski definition) is 4. The first-order chi connectivity index (χ1) is 6.31. The fourth-order valence-corrected chi connectivity index (χ4v) is 1.03. The molecule has 0 aliphatic heterocycles. The van der Waals surface area contributed by atoms with E-state index < -0.39 is 5.91 Å². The second-order valence-electron chi connectivity index (χ2n) is 2.45. The lowest BCUT2D eigenvalue weighted by atomic mass is 10.5. The molecule has 0 aliphatic carbocycles. The second-order valence-corrected chi connectivity index (χ2v) is 2.45. The first-order valence-electron chi connectivity index (χ1n) is 3.61. The molecular weight excluding hydrogens is 170 g/mol. The molecule has 0 aromatic carbocycles. The third-order valence-corrected chi connectivity index (χ3v) is 1.63. The van der Waals surface area contributed by atoms with Gasteiger partial charge in [-0.3, -0.25) is 14.6 Å². The van der Waals surface area contributed by atoms with Crippen LogP contribution in [0.1, 0.15) is 10.5 Å². The molecule has 2 rings (SSSR count). The Kier molecular flexibility index (Phi) is 1.67. The van der Waals surface area contributed by atoms with Crippen molar-refractivity contribution in [2.75, 3.05) is 0 Å². The van der Waals surface area contributed by atoms with E-state index in [2.05, 4.69) is 9.97 Å². The van der Waals surface area contributed by atoms with Crippen LogP contribution in [0.3, 0.4) is 0 Å². The van der Waals surface area contributed by atoms with Gasteiger partial charge in [0.15, 0.2) is 0 Å². The van der Waals surface area contributed by atoms with Crippen molar-refractivity contribution in [3.8, 4) is 0 Å². The summed E-state index contributed by atoms with van der Waals surface area (Å²) in [6.45, 7) is 0. The van der Waals surface area contributed by atoms with Gasteiger partial charge in [-0.2, -0.15) is 0 Å². The van der Waals surface area contributed by atoms with Crippen LogP contribution in [-0.4, -0.2) is 20.3 Å². The van der Waals surface area contributed by atoms with E-state index >= 15 is 0 Å². The smallest absolute Gasteiger partial charge is 0.285 e. The topological polar surface area (TPSA) is 85.3 Å². The molecule has 0 bridgehead atoms. The van der Waals surface area contributed by atoms with Crippen molar-refractivity contribution in [3.63, 3.8) is 0 Å². The van der Waals surface area contributed by atoms with Gasteiger partial charge in [-0.15, -0.1) is 0 Å². The number of fused-ring (bicyclic) bond motifs is 1. The lowest BCUT2D eigenvalue weighted by Gasteiger charge is -1.89. The number of aromatic nitrogens is 3. The number of hydrogen-bond donors (Lipinski definition) is 2. The molecule has 6 heteroatoms. The number of imidazole rings is 1. The highest BCUT2D eigenvalue weighted by Crippen LogP contribution is 2.01. The minimum absolute atomic E-state index is 0.274. The molecule has 66 valence electrons. The summed E-state index contributed by atoms with van der Waals surface area (Å²) >= 11 is 0. The Morgan fingerprint density at radius 3 is 3.15 bits per heavy atom. The van der Waals surface area contributed by atoms with E-state index in [1.165, 1.54) is 0 Å². The van der Waals surface area contributed by atoms with Gasteiger partial charge in [-0.1, -0.05) is 0 Å². The Morgan fingerprint density at radius 2 is 2.46 bits per heavy atom. The van der Waals surface area contributed by atoms with Crippen molar-refractivity contribution in [1.82, 2.24) is 19.8 Å². The quantitative estimate of drug-likeness (QED) is 0.344. The molecule has 0 saturated carbocycles. The van der Waals surface area contributed by atoms with E-state index in [1.54, 1.807) is 29.2 Å². The number of carbonyl (C=O) groups is 1. The van der Waals surface area contributed by atoms with Crippen LogP contribution in [0, 0.1) is 0 Å². The number of carbonyl (C=O) groups excluding carboxylic acids is 1. The number of hydrazine groups is 1. The maximum Gasteiger partial charge on any atom is 0.285 e. The third kappa shape index (κ3) is 1.23. The highest BCUT2D eigenvalue weighted by molar-refractivity contribution is 5.92. The normalized spacial score (nSPS) is 10.2. The predicted molar refractivity (Wildman–Crippen MR) is 44.6 cm³/mol. The van der Waals surface area contributed by atoms with Crippen LogP contribution in [0.2, 0.25) is 0 Å². The largest absolute Gasteiger partial charge is 0.290 e. The fourth-order valence-electron chi connectivity index (χ4n) is 1.03. The molecule has 0 spiro atoms. The number of amides is 1. The molecule has 2 heterocycles. The summed E-state index contributed by atoms with van der Waals surface area (Å²) in [5.41, 5.74) is 2.94.